The predicted molar refractivity (Wildman–Crippen MR) is 121 cm³/mol. The van der Waals surface area contributed by atoms with Crippen molar-refractivity contribution in [2.45, 2.75) is 13.1 Å². The van der Waals surface area contributed by atoms with E-state index < -0.39 is 6.17 Å². The van der Waals surface area contributed by atoms with Crippen molar-refractivity contribution in [3.8, 4) is 11.5 Å². The zero-order valence-electron chi connectivity index (χ0n) is 16.4. The maximum Gasteiger partial charge on any atom is 0.276 e. The van der Waals surface area contributed by atoms with Crippen molar-refractivity contribution in [2.75, 3.05) is 20.0 Å². The van der Waals surface area contributed by atoms with Gasteiger partial charge in [0.15, 0.2) is 22.8 Å². The third kappa shape index (κ3) is 3.66. The van der Waals surface area contributed by atoms with E-state index in [1.165, 1.54) is 11.8 Å². The zero-order chi connectivity index (χ0) is 21.4. The Kier molecular flexibility index (Phi) is 5.95. The fraction of sp³-hybridized carbons (Fsp3) is 0.250. The number of halogens is 2. The monoisotopic (exact) mass is 508 g/mol. The van der Waals surface area contributed by atoms with Gasteiger partial charge in [0.1, 0.15) is 5.70 Å². The standard InChI is InChI=1S/C20H18BrClN4O3S/c1-4-30-20-24-19(27)17-12-7-10(21)5-6-14(12)23-18(26(17)25-20)11-8-15(28-2)16(29-3)9-13(11)22/h5-9,18H,4H2,1-3H3,(H,24,25,27)/t18-/m1/s1. The molecule has 0 bridgehead atoms. The number of carbonyl (C=O) groups excluding carboxylic acids is 1. The number of nitrogens with one attached hydrogen (secondary N) is 1. The minimum atomic E-state index is -0.639. The molecular formula is C20H18BrClN4O3S. The van der Waals surface area contributed by atoms with Gasteiger partial charge < -0.3 is 9.47 Å². The lowest BCUT2D eigenvalue weighted by Gasteiger charge is -2.34. The number of methoxy groups -OCH3 is 2. The fourth-order valence-electron chi connectivity index (χ4n) is 3.32. The van der Waals surface area contributed by atoms with Gasteiger partial charge >= 0.3 is 0 Å². The van der Waals surface area contributed by atoms with Crippen LogP contribution in [0.15, 0.2) is 44.9 Å². The van der Waals surface area contributed by atoms with Crippen LogP contribution in [0.5, 0.6) is 11.5 Å². The lowest BCUT2D eigenvalue weighted by Crippen LogP contribution is -2.50. The third-order valence-electron chi connectivity index (χ3n) is 4.63. The van der Waals surface area contributed by atoms with Gasteiger partial charge in [-0.25, -0.2) is 5.01 Å². The van der Waals surface area contributed by atoms with Crippen LogP contribution in [0.2, 0.25) is 5.02 Å². The molecule has 156 valence electrons. The first kappa shape index (κ1) is 21.0. The molecule has 2 aliphatic rings. The molecule has 0 aromatic heterocycles. The zero-order valence-corrected chi connectivity index (χ0v) is 19.6. The number of thioether (sulfide) groups is 1. The molecule has 0 saturated heterocycles. The van der Waals surface area contributed by atoms with Gasteiger partial charge in [-0.1, -0.05) is 46.2 Å². The number of hydrogen-bond donors (Lipinski definition) is 1. The summed E-state index contributed by atoms with van der Waals surface area (Å²) < 4.78 is 11.6. The summed E-state index contributed by atoms with van der Waals surface area (Å²) >= 11 is 11.5. The highest BCUT2D eigenvalue weighted by molar-refractivity contribution is 9.10. The SMILES string of the molecule is CCSC1=NN2C(=c3cc(Br)ccc3=N[C@H]2c2cc(OC)c(OC)cc2Cl)C(=O)N1. The van der Waals surface area contributed by atoms with E-state index in [1.54, 1.807) is 31.4 Å². The molecule has 30 heavy (non-hydrogen) atoms. The smallest absolute Gasteiger partial charge is 0.276 e. The van der Waals surface area contributed by atoms with E-state index in [1.807, 2.05) is 25.1 Å². The van der Waals surface area contributed by atoms with Crippen LogP contribution >= 0.6 is 39.3 Å². The summed E-state index contributed by atoms with van der Waals surface area (Å²) in [5.74, 6) is 1.56. The Bertz CT molecular complexity index is 1190. The molecule has 7 nitrogen and oxygen atoms in total. The molecule has 10 heteroatoms. The van der Waals surface area contributed by atoms with E-state index in [0.717, 1.165) is 10.2 Å². The van der Waals surface area contributed by atoms with Crippen molar-refractivity contribution in [1.29, 1.82) is 0 Å². The number of amides is 1. The highest BCUT2D eigenvalue weighted by Crippen LogP contribution is 2.40. The first-order valence-electron chi connectivity index (χ1n) is 9.08. The Hall–Kier alpha value is -2.23. The molecule has 0 fully saturated rings. The van der Waals surface area contributed by atoms with Crippen LogP contribution in [0, 0.1) is 0 Å². The largest absolute Gasteiger partial charge is 0.493 e. The number of fused-ring (bicyclic) bond motifs is 2. The molecule has 0 aliphatic carbocycles. The normalized spacial score (nSPS) is 17.4. The van der Waals surface area contributed by atoms with Gasteiger partial charge in [-0.15, -0.1) is 5.10 Å². The Labute approximate surface area is 190 Å². The molecule has 2 aromatic carbocycles. The number of amidine groups is 1. The van der Waals surface area contributed by atoms with Crippen molar-refractivity contribution in [1.82, 2.24) is 10.3 Å². The molecule has 2 aliphatic heterocycles. The van der Waals surface area contributed by atoms with Crippen molar-refractivity contribution in [3.05, 3.63) is 56.0 Å². The van der Waals surface area contributed by atoms with Crippen LogP contribution in [0.3, 0.4) is 0 Å². The van der Waals surface area contributed by atoms with Gasteiger partial charge in [0, 0.05) is 21.3 Å². The van der Waals surface area contributed by atoms with Gasteiger partial charge in [-0.3, -0.25) is 15.1 Å². The van der Waals surface area contributed by atoms with E-state index in [0.29, 0.717) is 43.5 Å². The van der Waals surface area contributed by atoms with Gasteiger partial charge in [0.25, 0.3) is 5.91 Å². The Morgan fingerprint density at radius 2 is 1.97 bits per heavy atom. The molecule has 0 spiro atoms. The van der Waals surface area contributed by atoms with Crippen LogP contribution < -0.4 is 25.4 Å². The van der Waals surface area contributed by atoms with E-state index in [4.69, 9.17) is 26.1 Å². The molecule has 0 saturated carbocycles. The van der Waals surface area contributed by atoms with Gasteiger partial charge in [-0.05, 0) is 30.0 Å². The fourth-order valence-corrected chi connectivity index (χ4v) is 4.52. The minimum Gasteiger partial charge on any atom is -0.493 e. The number of nitrogens with zero attached hydrogens (tertiary/aromatic N) is 3. The van der Waals surface area contributed by atoms with E-state index in [2.05, 4.69) is 26.3 Å². The maximum atomic E-state index is 13.1. The average molecular weight is 510 g/mol. The van der Waals surface area contributed by atoms with Crippen molar-refractivity contribution >= 4 is 56.1 Å². The van der Waals surface area contributed by atoms with Crippen LogP contribution in [0.4, 0.5) is 0 Å². The van der Waals surface area contributed by atoms with Crippen molar-refractivity contribution in [3.63, 3.8) is 0 Å². The number of ether oxygens (including phenoxy) is 2. The minimum absolute atomic E-state index is 0.239. The first-order valence-corrected chi connectivity index (χ1v) is 11.2. The lowest BCUT2D eigenvalue weighted by molar-refractivity contribution is -0.116. The molecule has 1 amide bonds. The van der Waals surface area contributed by atoms with Crippen molar-refractivity contribution in [2.24, 2.45) is 10.1 Å². The molecule has 0 unspecified atom stereocenters. The molecule has 1 atom stereocenters. The lowest BCUT2D eigenvalue weighted by atomic mass is 10.1. The molecule has 2 aromatic rings. The number of carbonyl (C=O) groups is 1. The van der Waals surface area contributed by atoms with Crippen LogP contribution in [-0.4, -0.2) is 36.1 Å². The molecule has 2 heterocycles. The molecule has 4 rings (SSSR count). The topological polar surface area (TPSA) is 75.5 Å². The van der Waals surface area contributed by atoms with Gasteiger partial charge in [0.2, 0.25) is 0 Å². The summed E-state index contributed by atoms with van der Waals surface area (Å²) in [5.41, 5.74) is 1.07. The Morgan fingerprint density at radius 3 is 2.67 bits per heavy atom. The van der Waals surface area contributed by atoms with Crippen LogP contribution in [-0.2, 0) is 4.79 Å². The number of rotatable bonds is 4. The summed E-state index contributed by atoms with van der Waals surface area (Å²) in [6.07, 6.45) is -0.639. The van der Waals surface area contributed by atoms with Crippen molar-refractivity contribution < 1.29 is 14.3 Å². The van der Waals surface area contributed by atoms with E-state index in [9.17, 15) is 4.79 Å². The summed E-state index contributed by atoms with van der Waals surface area (Å²) in [7, 11) is 3.10. The predicted octanol–water partition coefficient (Wildman–Crippen LogP) is 3.02. The Balaban J connectivity index is 1.98. The van der Waals surface area contributed by atoms with E-state index in [-0.39, 0.29) is 5.91 Å². The second-order valence-electron chi connectivity index (χ2n) is 6.38. The quantitative estimate of drug-likeness (QED) is 0.686. The Morgan fingerprint density at radius 1 is 1.23 bits per heavy atom. The summed E-state index contributed by atoms with van der Waals surface area (Å²) in [5, 5.41) is 11.5. The number of hydrogen-bond acceptors (Lipinski definition) is 7. The molecular weight excluding hydrogens is 492 g/mol. The summed E-state index contributed by atoms with van der Waals surface area (Å²) in [6.45, 7) is 1.99. The number of benzene rings is 2. The van der Waals surface area contributed by atoms with Crippen LogP contribution in [0.1, 0.15) is 18.7 Å². The second kappa shape index (κ2) is 8.49. The third-order valence-corrected chi connectivity index (χ3v) is 6.20. The highest BCUT2D eigenvalue weighted by Gasteiger charge is 2.35. The highest BCUT2D eigenvalue weighted by atomic mass is 79.9. The average Bonchev–Trinajstić information content (AvgIpc) is 2.73. The van der Waals surface area contributed by atoms with E-state index >= 15 is 0 Å². The number of hydrazone groups is 1. The van der Waals surface area contributed by atoms with Gasteiger partial charge in [-0.2, -0.15) is 0 Å². The molecule has 0 radical (unpaired) electrons. The second-order valence-corrected chi connectivity index (χ2v) is 8.95. The first-order chi connectivity index (χ1) is 14.5. The van der Waals surface area contributed by atoms with Gasteiger partial charge in [0.05, 0.1) is 24.6 Å². The summed E-state index contributed by atoms with van der Waals surface area (Å²) in [6, 6.07) is 9.05. The maximum absolute atomic E-state index is 13.1. The summed E-state index contributed by atoms with van der Waals surface area (Å²) in [4.78, 5) is 17.9. The van der Waals surface area contributed by atoms with Crippen LogP contribution in [0.25, 0.3) is 5.70 Å². The molecule has 1 N–H and O–H groups in total.